The summed E-state index contributed by atoms with van der Waals surface area (Å²) >= 11 is 0. The van der Waals surface area contributed by atoms with Crippen LogP contribution in [0.15, 0.2) is 10.7 Å². The fourth-order valence-corrected chi connectivity index (χ4v) is 2.83. The number of nitrogens with one attached hydrogen (secondary N) is 1. The Balaban J connectivity index is 2.21. The predicted octanol–water partition coefficient (Wildman–Crippen LogP) is 2.30. The van der Waals surface area contributed by atoms with Crippen LogP contribution in [-0.4, -0.2) is 46.5 Å². The topological polar surface area (TPSA) is 75.4 Å². The molecule has 0 unspecified atom stereocenters. The van der Waals surface area contributed by atoms with E-state index in [4.69, 9.17) is 4.42 Å². The third-order valence-electron chi connectivity index (χ3n) is 3.86. The zero-order valence-corrected chi connectivity index (χ0v) is 13.5. The number of likely N-dealkylation sites (tertiary alicyclic amines) is 1. The van der Waals surface area contributed by atoms with Crippen molar-refractivity contribution in [2.75, 3.05) is 6.54 Å². The fraction of sp³-hybridized carbons (Fsp3) is 0.667. The maximum atomic E-state index is 13.3. The quantitative estimate of drug-likeness (QED) is 0.907. The molecule has 2 amide bonds. The number of hydrogen-bond acceptors (Lipinski definition) is 4. The molecule has 0 aliphatic carbocycles. The number of nitrogens with zero attached hydrogens (tertiary/aromatic N) is 2. The highest BCUT2D eigenvalue weighted by Crippen LogP contribution is 2.33. The van der Waals surface area contributed by atoms with Gasteiger partial charge in [-0.3, -0.25) is 9.59 Å². The van der Waals surface area contributed by atoms with Crippen molar-refractivity contribution >= 4 is 11.8 Å². The zero-order chi connectivity index (χ0) is 17.9. The summed E-state index contributed by atoms with van der Waals surface area (Å²) in [6.07, 6.45) is -2.30. The van der Waals surface area contributed by atoms with E-state index in [9.17, 15) is 22.8 Å². The van der Waals surface area contributed by atoms with Crippen molar-refractivity contribution in [3.63, 3.8) is 0 Å². The van der Waals surface area contributed by atoms with Crippen molar-refractivity contribution in [3.05, 3.63) is 17.8 Å². The first-order valence-electron chi connectivity index (χ1n) is 7.81. The van der Waals surface area contributed by atoms with Gasteiger partial charge in [-0.25, -0.2) is 4.98 Å². The molecule has 1 fully saturated rings. The first-order valence-corrected chi connectivity index (χ1v) is 7.81. The summed E-state index contributed by atoms with van der Waals surface area (Å²) in [5.74, 6) is -0.858. The standard InChI is InChI=1S/C15H20F3N3O3/c1-3-4-13-20-11(8-24-13)14(23)21-7-10(19-9(2)22)5-6-12(21)15(16,17)18/h8,10,12H,3-7H2,1-2H3,(H,19,22)/t10-,12+/m0/s1. The van der Waals surface area contributed by atoms with Crippen LogP contribution in [0, 0.1) is 0 Å². The lowest BCUT2D eigenvalue weighted by Gasteiger charge is -2.40. The van der Waals surface area contributed by atoms with Crippen LogP contribution in [0.25, 0.3) is 0 Å². The lowest BCUT2D eigenvalue weighted by atomic mass is 9.97. The smallest absolute Gasteiger partial charge is 0.408 e. The molecule has 1 aliphatic heterocycles. The molecule has 0 bridgehead atoms. The second-order valence-corrected chi connectivity index (χ2v) is 5.87. The van der Waals surface area contributed by atoms with Gasteiger partial charge in [-0.2, -0.15) is 13.2 Å². The van der Waals surface area contributed by atoms with Gasteiger partial charge in [0.2, 0.25) is 5.91 Å². The molecule has 134 valence electrons. The SMILES string of the molecule is CCCc1nc(C(=O)N2C[C@@H](NC(C)=O)CC[C@@H]2C(F)(F)F)co1. The maximum absolute atomic E-state index is 13.3. The van der Waals surface area contributed by atoms with Crippen molar-refractivity contribution in [1.82, 2.24) is 15.2 Å². The van der Waals surface area contributed by atoms with Gasteiger partial charge < -0.3 is 14.6 Å². The Bertz CT molecular complexity index is 600. The van der Waals surface area contributed by atoms with E-state index >= 15 is 0 Å². The van der Waals surface area contributed by atoms with E-state index in [1.54, 1.807) is 0 Å². The Labute approximate surface area is 137 Å². The average molecular weight is 347 g/mol. The Morgan fingerprint density at radius 3 is 2.71 bits per heavy atom. The number of aryl methyl sites for hydroxylation is 1. The minimum atomic E-state index is -4.53. The van der Waals surface area contributed by atoms with Crippen LogP contribution < -0.4 is 5.32 Å². The Morgan fingerprint density at radius 2 is 2.12 bits per heavy atom. The predicted molar refractivity (Wildman–Crippen MR) is 78.2 cm³/mol. The van der Waals surface area contributed by atoms with Gasteiger partial charge in [0.1, 0.15) is 12.3 Å². The lowest BCUT2D eigenvalue weighted by molar-refractivity contribution is -0.184. The summed E-state index contributed by atoms with van der Waals surface area (Å²) in [6, 6.07) is -2.40. The number of piperidine rings is 1. The molecular weight excluding hydrogens is 327 g/mol. The number of carbonyl (C=O) groups excluding carboxylic acids is 2. The second-order valence-electron chi connectivity index (χ2n) is 5.87. The number of rotatable bonds is 4. The highest BCUT2D eigenvalue weighted by molar-refractivity contribution is 5.92. The average Bonchev–Trinajstić information content (AvgIpc) is 2.93. The number of amides is 2. The number of hydrogen-bond donors (Lipinski definition) is 1. The van der Waals surface area contributed by atoms with Gasteiger partial charge >= 0.3 is 6.18 Å². The van der Waals surface area contributed by atoms with Crippen LogP contribution in [0.3, 0.4) is 0 Å². The van der Waals surface area contributed by atoms with E-state index in [0.717, 1.165) is 17.6 Å². The van der Waals surface area contributed by atoms with E-state index < -0.39 is 24.2 Å². The number of alkyl halides is 3. The van der Waals surface area contributed by atoms with Crippen molar-refractivity contribution in [1.29, 1.82) is 0 Å². The third kappa shape index (κ3) is 4.27. The molecule has 1 aromatic rings. The fourth-order valence-electron chi connectivity index (χ4n) is 2.83. The summed E-state index contributed by atoms with van der Waals surface area (Å²) < 4.78 is 44.9. The molecule has 0 saturated carbocycles. The van der Waals surface area contributed by atoms with Crippen molar-refractivity contribution in [2.24, 2.45) is 0 Å². The summed E-state index contributed by atoms with van der Waals surface area (Å²) in [7, 11) is 0. The minimum Gasteiger partial charge on any atom is -0.448 e. The molecule has 9 heteroatoms. The Morgan fingerprint density at radius 1 is 1.42 bits per heavy atom. The van der Waals surface area contributed by atoms with Crippen LogP contribution in [0.2, 0.25) is 0 Å². The summed E-state index contributed by atoms with van der Waals surface area (Å²) in [5, 5.41) is 2.57. The van der Waals surface area contributed by atoms with Crippen LogP contribution in [0.4, 0.5) is 13.2 Å². The first-order chi connectivity index (χ1) is 11.2. The summed E-state index contributed by atoms with van der Waals surface area (Å²) in [4.78, 5) is 28.3. The van der Waals surface area contributed by atoms with E-state index in [-0.39, 0.29) is 31.0 Å². The van der Waals surface area contributed by atoms with Gasteiger partial charge in [-0.15, -0.1) is 0 Å². The van der Waals surface area contributed by atoms with E-state index in [1.807, 2.05) is 6.92 Å². The third-order valence-corrected chi connectivity index (χ3v) is 3.86. The largest absolute Gasteiger partial charge is 0.448 e. The molecule has 24 heavy (non-hydrogen) atoms. The molecule has 1 N–H and O–H groups in total. The van der Waals surface area contributed by atoms with Gasteiger partial charge in [-0.1, -0.05) is 6.92 Å². The van der Waals surface area contributed by atoms with Crippen LogP contribution in [0.5, 0.6) is 0 Å². The van der Waals surface area contributed by atoms with E-state index in [0.29, 0.717) is 12.3 Å². The van der Waals surface area contributed by atoms with Gasteiger partial charge in [-0.05, 0) is 19.3 Å². The molecule has 0 radical (unpaired) electrons. The molecule has 2 heterocycles. The molecule has 2 rings (SSSR count). The van der Waals surface area contributed by atoms with Crippen molar-refractivity contribution in [3.8, 4) is 0 Å². The number of halogens is 3. The Hall–Kier alpha value is -2.06. The molecular formula is C15H20F3N3O3. The van der Waals surface area contributed by atoms with Crippen molar-refractivity contribution < 1.29 is 27.2 Å². The number of carbonyl (C=O) groups is 2. The van der Waals surface area contributed by atoms with E-state index in [1.165, 1.54) is 6.92 Å². The second kappa shape index (κ2) is 7.23. The molecule has 1 saturated heterocycles. The van der Waals surface area contributed by atoms with Crippen LogP contribution in [-0.2, 0) is 11.2 Å². The Kier molecular flexibility index (Phi) is 5.51. The molecule has 1 aromatic heterocycles. The van der Waals surface area contributed by atoms with Gasteiger partial charge in [0.15, 0.2) is 11.6 Å². The normalized spacial score (nSPS) is 21.6. The molecule has 0 aromatic carbocycles. The lowest BCUT2D eigenvalue weighted by Crippen LogP contribution is -2.58. The maximum Gasteiger partial charge on any atom is 0.408 e. The monoisotopic (exact) mass is 347 g/mol. The molecule has 0 spiro atoms. The summed E-state index contributed by atoms with van der Waals surface area (Å²) in [6.45, 7) is 2.98. The van der Waals surface area contributed by atoms with Crippen LogP contribution in [0.1, 0.15) is 49.5 Å². The van der Waals surface area contributed by atoms with Gasteiger partial charge in [0.05, 0.1) is 0 Å². The molecule has 6 nitrogen and oxygen atoms in total. The molecule has 2 atom stereocenters. The minimum absolute atomic E-state index is 0.142. The highest BCUT2D eigenvalue weighted by atomic mass is 19.4. The van der Waals surface area contributed by atoms with Gasteiger partial charge in [0, 0.05) is 25.9 Å². The number of aromatic nitrogens is 1. The van der Waals surface area contributed by atoms with Crippen LogP contribution >= 0.6 is 0 Å². The van der Waals surface area contributed by atoms with E-state index in [2.05, 4.69) is 10.3 Å². The summed E-state index contributed by atoms with van der Waals surface area (Å²) in [5.41, 5.74) is -0.142. The number of oxazole rings is 1. The molecule has 1 aliphatic rings. The van der Waals surface area contributed by atoms with Gasteiger partial charge in [0.25, 0.3) is 5.91 Å². The highest BCUT2D eigenvalue weighted by Gasteiger charge is 2.48. The zero-order valence-electron chi connectivity index (χ0n) is 13.5. The first kappa shape index (κ1) is 18.3. The van der Waals surface area contributed by atoms with Crippen molar-refractivity contribution in [2.45, 2.75) is 57.8 Å².